The van der Waals surface area contributed by atoms with Crippen molar-refractivity contribution >= 4 is 12.4 Å². The Morgan fingerprint density at radius 3 is 2.38 bits per heavy atom. The van der Waals surface area contributed by atoms with E-state index in [1.807, 2.05) is 0 Å². The summed E-state index contributed by atoms with van der Waals surface area (Å²) in [5, 5.41) is 0. The molecule has 1 atom stereocenters. The number of ether oxygens (including phenoxy) is 1. The largest absolute Gasteiger partial charge is 0.491 e. The van der Waals surface area contributed by atoms with Crippen LogP contribution in [0, 0.1) is 0 Å². The van der Waals surface area contributed by atoms with E-state index < -0.39 is 11.7 Å². The molecule has 0 aliphatic heterocycles. The van der Waals surface area contributed by atoms with Gasteiger partial charge in [0, 0.05) is 6.04 Å². The lowest BCUT2D eigenvalue weighted by Crippen LogP contribution is -2.24. The summed E-state index contributed by atoms with van der Waals surface area (Å²) < 4.78 is 42.4. The molecule has 6 heteroatoms. The summed E-state index contributed by atoms with van der Waals surface area (Å²) in [4.78, 5) is 0. The quantitative estimate of drug-likeness (QED) is 0.901. The molecule has 0 fully saturated rings. The summed E-state index contributed by atoms with van der Waals surface area (Å²) >= 11 is 0. The van der Waals surface area contributed by atoms with Gasteiger partial charge >= 0.3 is 6.18 Å². The van der Waals surface area contributed by atoms with Crippen molar-refractivity contribution in [2.24, 2.45) is 5.73 Å². The van der Waals surface area contributed by atoms with Crippen LogP contribution in [-0.2, 0) is 6.18 Å². The number of benzene rings is 1. The van der Waals surface area contributed by atoms with Gasteiger partial charge in [0.1, 0.15) is 12.4 Å². The molecular weight excluding hydrogens is 243 g/mol. The summed E-state index contributed by atoms with van der Waals surface area (Å²) in [6.45, 7) is 1.73. The lowest BCUT2D eigenvalue weighted by Gasteiger charge is -2.14. The van der Waals surface area contributed by atoms with Gasteiger partial charge in [-0.05, 0) is 19.1 Å². The Balaban J connectivity index is 0.00000225. The third-order valence-corrected chi connectivity index (χ3v) is 1.69. The summed E-state index contributed by atoms with van der Waals surface area (Å²) in [7, 11) is 0. The molecule has 0 saturated carbocycles. The van der Waals surface area contributed by atoms with Crippen LogP contribution in [0.2, 0.25) is 0 Å². The van der Waals surface area contributed by atoms with E-state index in [4.69, 9.17) is 10.5 Å². The number of nitrogens with two attached hydrogens (primary N) is 1. The van der Waals surface area contributed by atoms with Gasteiger partial charge in [0.25, 0.3) is 0 Å². The fourth-order valence-electron chi connectivity index (χ4n) is 1.05. The molecule has 0 aliphatic rings. The average Bonchev–Trinajstić information content (AvgIpc) is 2.13. The second-order valence-corrected chi connectivity index (χ2v) is 3.28. The molecule has 2 N–H and O–H groups in total. The molecule has 0 amide bonds. The molecule has 1 rings (SSSR count). The van der Waals surface area contributed by atoms with Crippen molar-refractivity contribution in [3.05, 3.63) is 29.8 Å². The molecule has 92 valence electrons. The predicted octanol–water partition coefficient (Wildman–Crippen LogP) is 2.85. The first-order valence-corrected chi connectivity index (χ1v) is 4.46. The van der Waals surface area contributed by atoms with E-state index in [0.29, 0.717) is 0 Å². The highest BCUT2D eigenvalue weighted by molar-refractivity contribution is 5.85. The van der Waals surface area contributed by atoms with Crippen LogP contribution in [-0.4, -0.2) is 12.6 Å². The first-order chi connectivity index (χ1) is 6.91. The van der Waals surface area contributed by atoms with E-state index in [2.05, 4.69) is 0 Å². The van der Waals surface area contributed by atoms with E-state index in [0.717, 1.165) is 6.07 Å². The maximum atomic E-state index is 12.5. The predicted molar refractivity (Wildman–Crippen MR) is 57.8 cm³/mol. The second kappa shape index (κ2) is 5.96. The van der Waals surface area contributed by atoms with Crippen molar-refractivity contribution in [2.75, 3.05) is 6.61 Å². The lowest BCUT2D eigenvalue weighted by molar-refractivity contribution is -0.139. The Bertz CT molecular complexity index is 328. The van der Waals surface area contributed by atoms with E-state index in [9.17, 15) is 13.2 Å². The molecule has 0 spiro atoms. The van der Waals surface area contributed by atoms with Crippen molar-refractivity contribution in [1.29, 1.82) is 0 Å². The highest BCUT2D eigenvalue weighted by Gasteiger charge is 2.33. The SMILES string of the molecule is CC(N)COc1ccccc1C(F)(F)F.Cl. The summed E-state index contributed by atoms with van der Waals surface area (Å²) in [6, 6.07) is 4.78. The van der Waals surface area contributed by atoms with Crippen molar-refractivity contribution < 1.29 is 17.9 Å². The monoisotopic (exact) mass is 255 g/mol. The minimum absolute atomic E-state index is 0. The number of para-hydroxylation sites is 1. The van der Waals surface area contributed by atoms with Crippen LogP contribution in [0.3, 0.4) is 0 Å². The molecule has 0 saturated heterocycles. The highest BCUT2D eigenvalue weighted by atomic mass is 35.5. The van der Waals surface area contributed by atoms with Gasteiger partial charge in [0.05, 0.1) is 5.56 Å². The zero-order chi connectivity index (χ0) is 11.5. The number of hydrogen-bond acceptors (Lipinski definition) is 2. The summed E-state index contributed by atoms with van der Waals surface area (Å²) in [5.41, 5.74) is 4.62. The van der Waals surface area contributed by atoms with E-state index in [-0.39, 0.29) is 30.8 Å². The van der Waals surface area contributed by atoms with Crippen LogP contribution >= 0.6 is 12.4 Å². The average molecular weight is 256 g/mol. The Morgan fingerprint density at radius 2 is 1.88 bits per heavy atom. The van der Waals surface area contributed by atoms with Crippen molar-refractivity contribution in [3.63, 3.8) is 0 Å². The van der Waals surface area contributed by atoms with Crippen molar-refractivity contribution in [3.8, 4) is 5.75 Å². The highest BCUT2D eigenvalue weighted by Crippen LogP contribution is 2.35. The van der Waals surface area contributed by atoms with Crippen LogP contribution in [0.1, 0.15) is 12.5 Å². The van der Waals surface area contributed by atoms with Crippen LogP contribution in [0.15, 0.2) is 24.3 Å². The Hall–Kier alpha value is -0.940. The molecule has 2 nitrogen and oxygen atoms in total. The topological polar surface area (TPSA) is 35.2 Å². The van der Waals surface area contributed by atoms with Gasteiger partial charge in [-0.3, -0.25) is 0 Å². The van der Waals surface area contributed by atoms with Gasteiger partial charge in [-0.15, -0.1) is 12.4 Å². The molecule has 0 radical (unpaired) electrons. The van der Waals surface area contributed by atoms with Gasteiger partial charge in [0.2, 0.25) is 0 Å². The van der Waals surface area contributed by atoms with Gasteiger partial charge in [-0.1, -0.05) is 12.1 Å². The third kappa shape index (κ3) is 4.28. The minimum atomic E-state index is -4.39. The molecule has 0 aliphatic carbocycles. The fraction of sp³-hybridized carbons (Fsp3) is 0.400. The van der Waals surface area contributed by atoms with E-state index in [1.54, 1.807) is 6.92 Å². The molecule has 0 aromatic heterocycles. The normalized spacial score (nSPS) is 12.8. The van der Waals surface area contributed by atoms with Gasteiger partial charge in [-0.2, -0.15) is 13.2 Å². The van der Waals surface area contributed by atoms with Crippen LogP contribution < -0.4 is 10.5 Å². The number of halogens is 4. The molecule has 0 heterocycles. The minimum Gasteiger partial charge on any atom is -0.491 e. The molecular formula is C10H13ClF3NO. The van der Waals surface area contributed by atoms with Gasteiger partial charge < -0.3 is 10.5 Å². The lowest BCUT2D eigenvalue weighted by atomic mass is 10.2. The zero-order valence-corrected chi connectivity index (χ0v) is 9.44. The van der Waals surface area contributed by atoms with Crippen molar-refractivity contribution in [1.82, 2.24) is 0 Å². The van der Waals surface area contributed by atoms with Crippen LogP contribution in [0.5, 0.6) is 5.75 Å². The smallest absolute Gasteiger partial charge is 0.419 e. The Labute approximate surface area is 98.0 Å². The first-order valence-electron chi connectivity index (χ1n) is 4.46. The molecule has 1 unspecified atom stereocenters. The first kappa shape index (κ1) is 15.1. The number of alkyl halides is 3. The molecule has 16 heavy (non-hydrogen) atoms. The summed E-state index contributed by atoms with van der Waals surface area (Å²) in [5.74, 6) is -0.178. The zero-order valence-electron chi connectivity index (χ0n) is 8.62. The second-order valence-electron chi connectivity index (χ2n) is 3.28. The Morgan fingerprint density at radius 1 is 1.31 bits per heavy atom. The maximum absolute atomic E-state index is 12.5. The third-order valence-electron chi connectivity index (χ3n) is 1.69. The summed E-state index contributed by atoms with van der Waals surface area (Å²) in [6.07, 6.45) is -4.39. The van der Waals surface area contributed by atoms with Crippen LogP contribution in [0.4, 0.5) is 13.2 Å². The number of hydrogen-bond donors (Lipinski definition) is 1. The molecule has 1 aromatic carbocycles. The van der Waals surface area contributed by atoms with E-state index >= 15 is 0 Å². The van der Waals surface area contributed by atoms with Crippen molar-refractivity contribution in [2.45, 2.75) is 19.1 Å². The van der Waals surface area contributed by atoms with E-state index in [1.165, 1.54) is 18.2 Å². The molecule has 1 aromatic rings. The maximum Gasteiger partial charge on any atom is 0.419 e. The Kier molecular flexibility index (Phi) is 5.61. The van der Waals surface area contributed by atoms with Gasteiger partial charge in [0.15, 0.2) is 0 Å². The van der Waals surface area contributed by atoms with Crippen LogP contribution in [0.25, 0.3) is 0 Å². The van der Waals surface area contributed by atoms with Gasteiger partial charge in [-0.25, -0.2) is 0 Å². The molecule has 0 bridgehead atoms. The standard InChI is InChI=1S/C10H12F3NO.ClH/c1-7(14)6-15-9-5-3-2-4-8(9)10(11,12)13;/h2-5,7H,6,14H2,1H3;1H. The fourth-order valence-corrected chi connectivity index (χ4v) is 1.05. The number of rotatable bonds is 3.